The number of hydrogen-bond acceptors (Lipinski definition) is 5. The van der Waals surface area contributed by atoms with Gasteiger partial charge in [0.25, 0.3) is 11.3 Å². The molecule has 18 heavy (non-hydrogen) atoms. The van der Waals surface area contributed by atoms with Gasteiger partial charge in [-0.15, -0.1) is 0 Å². The van der Waals surface area contributed by atoms with Gasteiger partial charge >= 0.3 is 0 Å². The lowest BCUT2D eigenvalue weighted by Gasteiger charge is -2.16. The fraction of sp³-hybridized carbons (Fsp3) is 0.545. The maximum Gasteiger partial charge on any atom is 0.274 e. The Kier molecular flexibility index (Phi) is 3.73. The van der Waals surface area contributed by atoms with E-state index in [1.807, 2.05) is 11.9 Å². The molecule has 2 aromatic heterocycles. The maximum absolute atomic E-state index is 11.7. The lowest BCUT2D eigenvalue weighted by Crippen LogP contribution is -2.24. The van der Waals surface area contributed by atoms with Crippen molar-refractivity contribution in [2.75, 3.05) is 13.6 Å². The molecule has 2 rings (SSSR count). The van der Waals surface area contributed by atoms with Crippen molar-refractivity contribution in [1.82, 2.24) is 24.5 Å². The molecule has 7 nitrogen and oxygen atoms in total. The van der Waals surface area contributed by atoms with Crippen LogP contribution in [0.25, 0.3) is 5.78 Å². The molecule has 0 aromatic carbocycles. The second-order valence-corrected chi connectivity index (χ2v) is 4.48. The van der Waals surface area contributed by atoms with E-state index in [-0.39, 0.29) is 11.7 Å². The highest BCUT2D eigenvalue weighted by molar-refractivity contribution is 5.25. The van der Waals surface area contributed by atoms with Crippen molar-refractivity contribution in [1.29, 1.82) is 0 Å². The van der Waals surface area contributed by atoms with Gasteiger partial charge in [-0.1, -0.05) is 0 Å². The number of hydrogen-bond donors (Lipinski definition) is 2. The molecule has 0 spiro atoms. The zero-order chi connectivity index (χ0) is 13.1. The van der Waals surface area contributed by atoms with Crippen molar-refractivity contribution in [2.45, 2.75) is 26.0 Å². The summed E-state index contributed by atoms with van der Waals surface area (Å²) in [6, 6.07) is 1.49. The highest BCUT2D eigenvalue weighted by atomic mass is 16.3. The van der Waals surface area contributed by atoms with Crippen LogP contribution in [0, 0.1) is 0 Å². The van der Waals surface area contributed by atoms with Crippen molar-refractivity contribution in [3.8, 4) is 0 Å². The summed E-state index contributed by atoms with van der Waals surface area (Å²) in [4.78, 5) is 22.0. The van der Waals surface area contributed by atoms with Crippen LogP contribution >= 0.6 is 0 Å². The molecule has 98 valence electrons. The first-order chi connectivity index (χ1) is 8.56. The van der Waals surface area contributed by atoms with Crippen LogP contribution < -0.4 is 5.56 Å². The number of fused-ring (bicyclic) bond motifs is 1. The molecule has 0 bridgehead atoms. The normalized spacial score (nSPS) is 13.3. The van der Waals surface area contributed by atoms with Crippen molar-refractivity contribution in [2.24, 2.45) is 0 Å². The molecular formula is C11H17N5O2. The van der Waals surface area contributed by atoms with Gasteiger partial charge in [0.2, 0.25) is 0 Å². The average molecular weight is 251 g/mol. The fourth-order valence-corrected chi connectivity index (χ4v) is 1.71. The summed E-state index contributed by atoms with van der Waals surface area (Å²) in [6.45, 7) is 3.07. The van der Waals surface area contributed by atoms with Crippen LogP contribution in [0.3, 0.4) is 0 Å². The molecule has 0 amide bonds. The molecule has 1 atom stereocenters. The Hall–Kier alpha value is -1.73. The highest BCUT2D eigenvalue weighted by Crippen LogP contribution is 2.01. The Balaban J connectivity index is 2.09. The minimum atomic E-state index is -0.320. The van der Waals surface area contributed by atoms with Gasteiger partial charge in [0.05, 0.1) is 11.8 Å². The van der Waals surface area contributed by atoms with Crippen molar-refractivity contribution in [3.63, 3.8) is 0 Å². The fourth-order valence-electron chi connectivity index (χ4n) is 1.71. The lowest BCUT2D eigenvalue weighted by atomic mass is 10.2. The van der Waals surface area contributed by atoms with Crippen molar-refractivity contribution in [3.05, 3.63) is 28.4 Å². The van der Waals surface area contributed by atoms with E-state index in [4.69, 9.17) is 0 Å². The van der Waals surface area contributed by atoms with Gasteiger partial charge in [-0.05, 0) is 20.4 Å². The molecule has 0 saturated carbocycles. The summed E-state index contributed by atoms with van der Waals surface area (Å²) in [5, 5.41) is 11.9. The third kappa shape index (κ3) is 2.93. The number of H-pyrrole nitrogens is 1. The molecule has 2 heterocycles. The van der Waals surface area contributed by atoms with Crippen LogP contribution in [0.1, 0.15) is 19.0 Å². The number of aliphatic hydroxyl groups excluding tert-OH is 1. The molecule has 0 radical (unpaired) electrons. The van der Waals surface area contributed by atoms with Gasteiger partial charge in [0.1, 0.15) is 6.33 Å². The van der Waals surface area contributed by atoms with Crippen LogP contribution in [0.2, 0.25) is 0 Å². The Morgan fingerprint density at radius 1 is 1.61 bits per heavy atom. The van der Waals surface area contributed by atoms with Gasteiger partial charge in [0, 0.05) is 19.2 Å². The molecule has 0 aliphatic rings. The van der Waals surface area contributed by atoms with Crippen LogP contribution in [0.4, 0.5) is 0 Å². The third-order valence-electron chi connectivity index (χ3n) is 2.68. The highest BCUT2D eigenvalue weighted by Gasteiger charge is 2.07. The first-order valence-electron chi connectivity index (χ1n) is 5.85. The van der Waals surface area contributed by atoms with Crippen LogP contribution in [-0.4, -0.2) is 49.3 Å². The number of nitrogens with one attached hydrogen (secondary N) is 1. The third-order valence-corrected chi connectivity index (χ3v) is 2.68. The van der Waals surface area contributed by atoms with E-state index < -0.39 is 0 Å². The Bertz CT molecular complexity index is 574. The molecule has 1 unspecified atom stereocenters. The van der Waals surface area contributed by atoms with E-state index in [0.717, 1.165) is 6.54 Å². The first-order valence-corrected chi connectivity index (χ1v) is 5.85. The van der Waals surface area contributed by atoms with Gasteiger partial charge in [-0.25, -0.2) is 9.97 Å². The minimum absolute atomic E-state index is 0.170. The maximum atomic E-state index is 11.7. The molecule has 0 saturated heterocycles. The smallest absolute Gasteiger partial charge is 0.274 e. The second-order valence-electron chi connectivity index (χ2n) is 4.48. The van der Waals surface area contributed by atoms with E-state index in [2.05, 4.69) is 15.1 Å². The van der Waals surface area contributed by atoms with Crippen LogP contribution in [0.15, 0.2) is 17.2 Å². The predicted molar refractivity (Wildman–Crippen MR) is 66.2 cm³/mol. The second kappa shape index (κ2) is 5.28. The average Bonchev–Trinajstić information content (AvgIpc) is 2.75. The summed E-state index contributed by atoms with van der Waals surface area (Å²) in [7, 11) is 1.93. The SMILES string of the molecule is CC(O)CCN(C)Cc1cc(=O)n2[nH]cnc2n1. The zero-order valence-corrected chi connectivity index (χ0v) is 10.5. The Morgan fingerprint density at radius 2 is 2.39 bits per heavy atom. The first kappa shape index (κ1) is 12.7. The zero-order valence-electron chi connectivity index (χ0n) is 10.5. The van der Waals surface area contributed by atoms with Crippen LogP contribution in [-0.2, 0) is 6.54 Å². The van der Waals surface area contributed by atoms with E-state index in [9.17, 15) is 9.90 Å². The van der Waals surface area contributed by atoms with Gasteiger partial charge in [-0.3, -0.25) is 9.89 Å². The van der Waals surface area contributed by atoms with Gasteiger partial charge < -0.3 is 10.0 Å². The summed E-state index contributed by atoms with van der Waals surface area (Å²) in [6.07, 6.45) is 1.81. The summed E-state index contributed by atoms with van der Waals surface area (Å²) in [5.41, 5.74) is 0.511. The van der Waals surface area contributed by atoms with E-state index in [0.29, 0.717) is 24.4 Å². The molecule has 0 fully saturated rings. The predicted octanol–water partition coefficient (Wildman–Crippen LogP) is -0.380. The molecule has 2 N–H and O–H groups in total. The molecule has 0 aliphatic heterocycles. The molecular weight excluding hydrogens is 234 g/mol. The van der Waals surface area contributed by atoms with Crippen molar-refractivity contribution < 1.29 is 5.11 Å². The van der Waals surface area contributed by atoms with E-state index >= 15 is 0 Å². The monoisotopic (exact) mass is 251 g/mol. The molecule has 0 aliphatic carbocycles. The minimum Gasteiger partial charge on any atom is -0.393 e. The lowest BCUT2D eigenvalue weighted by molar-refractivity contribution is 0.162. The number of nitrogens with zero attached hydrogens (tertiary/aromatic N) is 4. The van der Waals surface area contributed by atoms with E-state index in [1.165, 1.54) is 16.9 Å². The quantitative estimate of drug-likeness (QED) is 0.756. The topological polar surface area (TPSA) is 86.5 Å². The number of aliphatic hydroxyl groups is 1. The Morgan fingerprint density at radius 3 is 3.11 bits per heavy atom. The number of aromatic nitrogens is 4. The summed E-state index contributed by atoms with van der Waals surface area (Å²) < 4.78 is 1.29. The largest absolute Gasteiger partial charge is 0.393 e. The summed E-state index contributed by atoms with van der Waals surface area (Å²) >= 11 is 0. The number of rotatable bonds is 5. The van der Waals surface area contributed by atoms with E-state index in [1.54, 1.807) is 6.92 Å². The van der Waals surface area contributed by atoms with Crippen molar-refractivity contribution >= 4 is 5.78 Å². The van der Waals surface area contributed by atoms with Crippen LogP contribution in [0.5, 0.6) is 0 Å². The standard InChI is InChI=1S/C11H17N5O2/c1-8(17)3-4-15(2)6-9-5-10(18)16-11(14-9)12-7-13-16/h5,7-8,17H,3-4,6H2,1-2H3,(H,12,13,14). The van der Waals surface area contributed by atoms with Gasteiger partial charge in [-0.2, -0.15) is 4.52 Å². The summed E-state index contributed by atoms with van der Waals surface area (Å²) in [5.74, 6) is 0.376. The number of aromatic amines is 1. The molecule has 2 aromatic rings. The Labute approximate surface area is 104 Å². The van der Waals surface area contributed by atoms with Gasteiger partial charge in [0.15, 0.2) is 0 Å². The molecule has 7 heteroatoms.